The predicted molar refractivity (Wildman–Crippen MR) is 40.8 cm³/mol. The average molecular weight is 141 g/mol. The van der Waals surface area contributed by atoms with Crippen molar-refractivity contribution in [2.45, 2.75) is 39.3 Å². The number of carbonyl (C=O) groups excluding carboxylic acids is 1. The maximum Gasteiger partial charge on any atom is 0.134 e. The summed E-state index contributed by atoms with van der Waals surface area (Å²) in [6.07, 6.45) is 1.01. The first-order valence-electron chi connectivity index (χ1n) is 3.87. The molecule has 1 fully saturated rings. The van der Waals surface area contributed by atoms with Crippen LogP contribution in [-0.4, -0.2) is 17.9 Å². The molecule has 0 aromatic carbocycles. The fourth-order valence-corrected chi connectivity index (χ4v) is 1.74. The van der Waals surface area contributed by atoms with Gasteiger partial charge in [-0.05, 0) is 27.2 Å². The Labute approximate surface area is 62.0 Å². The zero-order chi connectivity index (χ0) is 7.72. The first-order chi connectivity index (χ1) is 4.61. The predicted octanol–water partition coefficient (Wildman–Crippen LogP) is 0.962. The molecule has 0 spiro atoms. The van der Waals surface area contributed by atoms with Gasteiger partial charge in [-0.2, -0.15) is 0 Å². The molecule has 1 aliphatic heterocycles. The summed E-state index contributed by atoms with van der Waals surface area (Å²) in [6, 6.07) is 0.899. The fourth-order valence-electron chi connectivity index (χ4n) is 1.74. The van der Waals surface area contributed by atoms with E-state index in [1.54, 1.807) is 6.92 Å². The number of rotatable bonds is 1. The van der Waals surface area contributed by atoms with Gasteiger partial charge in [-0.15, -0.1) is 0 Å². The van der Waals surface area contributed by atoms with Gasteiger partial charge in [0.1, 0.15) is 5.78 Å². The summed E-state index contributed by atoms with van der Waals surface area (Å²) in [5, 5.41) is 3.33. The summed E-state index contributed by atoms with van der Waals surface area (Å²) in [6.45, 7) is 5.88. The lowest BCUT2D eigenvalue weighted by Gasteiger charge is -2.09. The van der Waals surface area contributed by atoms with Crippen molar-refractivity contribution in [3.8, 4) is 0 Å². The second kappa shape index (κ2) is 2.70. The molecule has 1 N–H and O–H groups in total. The number of Topliss-reactive ketones (excluding diaryl/α,β-unsaturated/α-hetero) is 1. The minimum atomic E-state index is 0.259. The molecule has 1 aliphatic rings. The highest BCUT2D eigenvalue weighted by Crippen LogP contribution is 2.20. The third kappa shape index (κ3) is 1.37. The van der Waals surface area contributed by atoms with E-state index in [2.05, 4.69) is 19.2 Å². The van der Waals surface area contributed by atoms with Crippen molar-refractivity contribution in [2.24, 2.45) is 5.92 Å². The molecule has 0 aromatic rings. The van der Waals surface area contributed by atoms with Crippen LogP contribution in [0.4, 0.5) is 0 Å². The van der Waals surface area contributed by atoms with Gasteiger partial charge in [0.2, 0.25) is 0 Å². The Morgan fingerprint density at radius 3 is 2.30 bits per heavy atom. The molecule has 0 aromatic heterocycles. The van der Waals surface area contributed by atoms with Gasteiger partial charge in [-0.3, -0.25) is 4.79 Å². The van der Waals surface area contributed by atoms with E-state index in [1.165, 1.54) is 0 Å². The Balaban J connectivity index is 2.54. The van der Waals surface area contributed by atoms with Gasteiger partial charge in [0.15, 0.2) is 0 Å². The molecule has 0 aliphatic carbocycles. The standard InChI is InChI=1S/C8H15NO/c1-5-4-8(7(3)10)6(2)9-5/h5-6,8-9H,4H2,1-3H3/t5-,6-,8-/m0/s1. The average Bonchev–Trinajstić information content (AvgIpc) is 2.10. The molecular weight excluding hydrogens is 126 g/mol. The molecule has 0 saturated carbocycles. The highest BCUT2D eigenvalue weighted by Gasteiger charge is 2.30. The molecular formula is C8H15NO. The SMILES string of the molecule is CC(=O)[C@H]1C[C@H](C)N[C@H]1C. The van der Waals surface area contributed by atoms with E-state index in [0.29, 0.717) is 17.9 Å². The Morgan fingerprint density at radius 1 is 1.50 bits per heavy atom. The van der Waals surface area contributed by atoms with Crippen LogP contribution in [0, 0.1) is 5.92 Å². The molecule has 0 radical (unpaired) electrons. The minimum Gasteiger partial charge on any atom is -0.311 e. The van der Waals surface area contributed by atoms with Crippen LogP contribution >= 0.6 is 0 Å². The van der Waals surface area contributed by atoms with E-state index in [4.69, 9.17) is 0 Å². The summed E-state index contributed by atoms with van der Waals surface area (Å²) in [5.41, 5.74) is 0. The van der Waals surface area contributed by atoms with Gasteiger partial charge in [-0.1, -0.05) is 0 Å². The van der Waals surface area contributed by atoms with Crippen molar-refractivity contribution in [1.29, 1.82) is 0 Å². The number of carbonyl (C=O) groups is 1. The van der Waals surface area contributed by atoms with Gasteiger partial charge < -0.3 is 5.32 Å². The molecule has 0 bridgehead atoms. The van der Waals surface area contributed by atoms with Crippen LogP contribution < -0.4 is 5.32 Å². The molecule has 0 unspecified atom stereocenters. The van der Waals surface area contributed by atoms with Gasteiger partial charge in [0.05, 0.1) is 0 Å². The van der Waals surface area contributed by atoms with Crippen molar-refractivity contribution in [3.05, 3.63) is 0 Å². The van der Waals surface area contributed by atoms with E-state index >= 15 is 0 Å². The second-order valence-corrected chi connectivity index (χ2v) is 3.31. The van der Waals surface area contributed by atoms with Crippen molar-refractivity contribution >= 4 is 5.78 Å². The third-order valence-electron chi connectivity index (χ3n) is 2.28. The third-order valence-corrected chi connectivity index (χ3v) is 2.28. The van der Waals surface area contributed by atoms with E-state index in [0.717, 1.165) is 6.42 Å². The van der Waals surface area contributed by atoms with Crippen molar-refractivity contribution in [1.82, 2.24) is 5.32 Å². The zero-order valence-corrected chi connectivity index (χ0v) is 6.85. The van der Waals surface area contributed by atoms with Crippen LogP contribution in [0.1, 0.15) is 27.2 Å². The normalized spacial score (nSPS) is 40.1. The van der Waals surface area contributed by atoms with E-state index in [9.17, 15) is 4.79 Å². The van der Waals surface area contributed by atoms with E-state index < -0.39 is 0 Å². The lowest BCUT2D eigenvalue weighted by Crippen LogP contribution is -2.28. The smallest absolute Gasteiger partial charge is 0.134 e. The molecule has 1 rings (SSSR count). The molecule has 1 saturated heterocycles. The van der Waals surface area contributed by atoms with Gasteiger partial charge in [0, 0.05) is 18.0 Å². The minimum absolute atomic E-state index is 0.259. The van der Waals surface area contributed by atoms with Gasteiger partial charge >= 0.3 is 0 Å². The van der Waals surface area contributed by atoms with Crippen LogP contribution in [0.15, 0.2) is 0 Å². The largest absolute Gasteiger partial charge is 0.311 e. The summed E-state index contributed by atoms with van der Waals surface area (Å²) in [4.78, 5) is 11.0. The van der Waals surface area contributed by atoms with Crippen LogP contribution in [0.5, 0.6) is 0 Å². The maximum atomic E-state index is 11.0. The molecule has 58 valence electrons. The first-order valence-corrected chi connectivity index (χ1v) is 3.87. The van der Waals surface area contributed by atoms with Crippen LogP contribution in [0.25, 0.3) is 0 Å². The highest BCUT2D eigenvalue weighted by atomic mass is 16.1. The van der Waals surface area contributed by atoms with Crippen molar-refractivity contribution in [3.63, 3.8) is 0 Å². The first kappa shape index (κ1) is 7.73. The molecule has 10 heavy (non-hydrogen) atoms. The molecule has 2 heteroatoms. The Hall–Kier alpha value is -0.370. The molecule has 2 nitrogen and oxygen atoms in total. The van der Waals surface area contributed by atoms with Crippen LogP contribution in [0.2, 0.25) is 0 Å². The van der Waals surface area contributed by atoms with Gasteiger partial charge in [-0.25, -0.2) is 0 Å². The molecule has 3 atom stereocenters. The lowest BCUT2D eigenvalue weighted by molar-refractivity contribution is -0.120. The summed E-state index contributed by atoms with van der Waals surface area (Å²) >= 11 is 0. The second-order valence-electron chi connectivity index (χ2n) is 3.31. The van der Waals surface area contributed by atoms with Crippen LogP contribution in [-0.2, 0) is 4.79 Å². The number of ketones is 1. The van der Waals surface area contributed by atoms with Crippen molar-refractivity contribution < 1.29 is 4.79 Å². The Kier molecular flexibility index (Phi) is 2.09. The monoisotopic (exact) mass is 141 g/mol. The topological polar surface area (TPSA) is 29.1 Å². The zero-order valence-electron chi connectivity index (χ0n) is 6.85. The summed E-state index contributed by atoms with van der Waals surface area (Å²) in [7, 11) is 0. The Morgan fingerprint density at radius 2 is 2.10 bits per heavy atom. The number of hydrogen-bond acceptors (Lipinski definition) is 2. The highest BCUT2D eigenvalue weighted by molar-refractivity contribution is 5.79. The van der Waals surface area contributed by atoms with Gasteiger partial charge in [0.25, 0.3) is 0 Å². The van der Waals surface area contributed by atoms with E-state index in [1.807, 2.05) is 0 Å². The Bertz CT molecular complexity index is 144. The molecule has 0 amide bonds. The number of hydrogen-bond donors (Lipinski definition) is 1. The van der Waals surface area contributed by atoms with Crippen LogP contribution in [0.3, 0.4) is 0 Å². The molecule has 1 heterocycles. The fraction of sp³-hybridized carbons (Fsp3) is 0.875. The van der Waals surface area contributed by atoms with Crippen molar-refractivity contribution in [2.75, 3.05) is 0 Å². The lowest BCUT2D eigenvalue weighted by atomic mass is 9.97. The summed E-state index contributed by atoms with van der Waals surface area (Å²) in [5.74, 6) is 0.583. The quantitative estimate of drug-likeness (QED) is 0.589. The summed E-state index contributed by atoms with van der Waals surface area (Å²) < 4.78 is 0. The maximum absolute atomic E-state index is 11.0. The van der Waals surface area contributed by atoms with E-state index in [-0.39, 0.29) is 5.92 Å². The number of nitrogens with one attached hydrogen (secondary N) is 1.